The van der Waals surface area contributed by atoms with Gasteiger partial charge in [0.1, 0.15) is 6.10 Å². The third-order valence-electron chi connectivity index (χ3n) is 3.21. The van der Waals surface area contributed by atoms with Crippen molar-refractivity contribution in [1.29, 1.82) is 0 Å². The second-order valence-electron chi connectivity index (χ2n) is 4.57. The minimum absolute atomic E-state index is 0.130. The highest BCUT2D eigenvalue weighted by Gasteiger charge is 2.27. The maximum absolute atomic E-state index is 13.9. The number of aryl methyl sites for hydroxylation is 1. The van der Waals surface area contributed by atoms with Crippen molar-refractivity contribution in [1.82, 2.24) is 5.32 Å². The van der Waals surface area contributed by atoms with E-state index in [0.717, 1.165) is 19.6 Å². The van der Waals surface area contributed by atoms with Crippen molar-refractivity contribution in [2.45, 2.75) is 32.4 Å². The van der Waals surface area contributed by atoms with Crippen molar-refractivity contribution in [3.63, 3.8) is 0 Å². The smallest absolute Gasteiger partial charge is 0.167 e. The first-order chi connectivity index (χ1) is 8.72. The van der Waals surface area contributed by atoms with E-state index in [1.54, 1.807) is 25.1 Å². The number of likely N-dealkylation sites (N-methyl/N-ethyl adjacent to an activating group) is 1. The Labute approximate surface area is 107 Å². The predicted molar refractivity (Wildman–Crippen MR) is 68.5 cm³/mol. The molecule has 2 atom stereocenters. The molecule has 0 bridgehead atoms. The summed E-state index contributed by atoms with van der Waals surface area (Å²) in [4.78, 5) is 0. The number of halogens is 1. The largest absolute Gasteiger partial charge is 0.483 e. The van der Waals surface area contributed by atoms with Crippen LogP contribution in [-0.4, -0.2) is 31.9 Å². The lowest BCUT2D eigenvalue weighted by molar-refractivity contribution is -0.0157. The fourth-order valence-electron chi connectivity index (χ4n) is 2.20. The van der Waals surface area contributed by atoms with E-state index >= 15 is 0 Å². The summed E-state index contributed by atoms with van der Waals surface area (Å²) in [5, 5.41) is 3.36. The average Bonchev–Trinajstić information content (AvgIpc) is 2.37. The first-order valence-corrected chi connectivity index (χ1v) is 6.45. The van der Waals surface area contributed by atoms with Crippen LogP contribution < -0.4 is 10.1 Å². The topological polar surface area (TPSA) is 30.5 Å². The summed E-state index contributed by atoms with van der Waals surface area (Å²) >= 11 is 0. The molecule has 4 heteroatoms. The Hall–Kier alpha value is -1.13. The highest BCUT2D eigenvalue weighted by atomic mass is 19.1. The van der Waals surface area contributed by atoms with Crippen molar-refractivity contribution in [2.24, 2.45) is 0 Å². The van der Waals surface area contributed by atoms with Gasteiger partial charge in [-0.05, 0) is 31.5 Å². The van der Waals surface area contributed by atoms with Crippen LogP contribution in [0.1, 0.15) is 18.9 Å². The minimum atomic E-state index is -0.279. The van der Waals surface area contributed by atoms with Crippen LogP contribution in [0.15, 0.2) is 18.2 Å². The van der Waals surface area contributed by atoms with Crippen molar-refractivity contribution in [2.75, 3.05) is 19.8 Å². The van der Waals surface area contributed by atoms with Gasteiger partial charge in [0.2, 0.25) is 0 Å². The van der Waals surface area contributed by atoms with Crippen LogP contribution in [0.2, 0.25) is 0 Å². The normalized spacial score (nSPS) is 23.9. The second-order valence-corrected chi connectivity index (χ2v) is 4.57. The number of benzene rings is 1. The number of nitrogens with one attached hydrogen (secondary N) is 1. The van der Waals surface area contributed by atoms with Gasteiger partial charge in [-0.2, -0.15) is 0 Å². The van der Waals surface area contributed by atoms with Gasteiger partial charge < -0.3 is 14.8 Å². The first-order valence-electron chi connectivity index (χ1n) is 6.45. The molecule has 1 heterocycles. The van der Waals surface area contributed by atoms with Gasteiger partial charge in [-0.1, -0.05) is 19.1 Å². The number of ether oxygens (including phenoxy) is 2. The zero-order chi connectivity index (χ0) is 13.0. The van der Waals surface area contributed by atoms with Crippen LogP contribution in [0.5, 0.6) is 5.75 Å². The molecule has 1 fully saturated rings. The van der Waals surface area contributed by atoms with Gasteiger partial charge in [0.05, 0.1) is 6.61 Å². The zero-order valence-electron chi connectivity index (χ0n) is 10.9. The second kappa shape index (κ2) is 6.16. The summed E-state index contributed by atoms with van der Waals surface area (Å²) in [5.41, 5.74) is 0.601. The highest BCUT2D eigenvalue weighted by Crippen LogP contribution is 2.23. The minimum Gasteiger partial charge on any atom is -0.483 e. The zero-order valence-corrected chi connectivity index (χ0v) is 10.9. The Kier molecular flexibility index (Phi) is 4.55. The molecular formula is C14H20FNO2. The van der Waals surface area contributed by atoms with Crippen molar-refractivity contribution in [3.8, 4) is 5.75 Å². The fourth-order valence-corrected chi connectivity index (χ4v) is 2.20. The van der Waals surface area contributed by atoms with Crippen molar-refractivity contribution < 1.29 is 13.9 Å². The number of hydrogen-bond acceptors (Lipinski definition) is 3. The first kappa shape index (κ1) is 13.3. The molecule has 3 nitrogen and oxygen atoms in total. The predicted octanol–water partition coefficient (Wildman–Crippen LogP) is 2.28. The Morgan fingerprint density at radius 2 is 2.33 bits per heavy atom. The van der Waals surface area contributed by atoms with Crippen molar-refractivity contribution >= 4 is 0 Å². The van der Waals surface area contributed by atoms with Crippen LogP contribution >= 0.6 is 0 Å². The van der Waals surface area contributed by atoms with Gasteiger partial charge in [-0.25, -0.2) is 4.39 Å². The van der Waals surface area contributed by atoms with Gasteiger partial charge in [0.25, 0.3) is 0 Å². The van der Waals surface area contributed by atoms with Gasteiger partial charge in [-0.3, -0.25) is 0 Å². The average molecular weight is 253 g/mol. The van der Waals surface area contributed by atoms with Gasteiger partial charge in [0, 0.05) is 12.6 Å². The van der Waals surface area contributed by atoms with E-state index in [4.69, 9.17) is 9.47 Å². The van der Waals surface area contributed by atoms with Crippen molar-refractivity contribution in [3.05, 3.63) is 29.6 Å². The SMILES string of the molecule is CCNC1CCOCC1Oc1cccc(C)c1F. The quantitative estimate of drug-likeness (QED) is 0.893. The summed E-state index contributed by atoms with van der Waals surface area (Å²) in [5.74, 6) is 0.0340. The Morgan fingerprint density at radius 3 is 3.11 bits per heavy atom. The molecule has 0 aliphatic carbocycles. The summed E-state index contributed by atoms with van der Waals surface area (Å²) in [6.45, 7) is 5.90. The van der Waals surface area contributed by atoms with Crippen LogP contribution in [0, 0.1) is 12.7 Å². The third-order valence-corrected chi connectivity index (χ3v) is 3.21. The van der Waals surface area contributed by atoms with E-state index in [-0.39, 0.29) is 18.0 Å². The molecule has 0 amide bonds. The number of hydrogen-bond donors (Lipinski definition) is 1. The maximum atomic E-state index is 13.9. The molecule has 18 heavy (non-hydrogen) atoms. The highest BCUT2D eigenvalue weighted by molar-refractivity contribution is 5.30. The molecule has 2 unspecified atom stereocenters. The van der Waals surface area contributed by atoms with Gasteiger partial charge >= 0.3 is 0 Å². The Morgan fingerprint density at radius 1 is 1.50 bits per heavy atom. The standard InChI is InChI=1S/C14H20FNO2/c1-3-16-11-7-8-17-9-13(11)18-12-6-4-5-10(2)14(12)15/h4-6,11,13,16H,3,7-9H2,1-2H3. The molecule has 1 aliphatic rings. The molecule has 1 aromatic rings. The van der Waals surface area contributed by atoms with Gasteiger partial charge in [-0.15, -0.1) is 0 Å². The molecule has 0 spiro atoms. The molecule has 2 rings (SSSR count). The molecule has 0 aromatic heterocycles. The van der Waals surface area contributed by atoms with E-state index < -0.39 is 0 Å². The number of rotatable bonds is 4. The van der Waals surface area contributed by atoms with Crippen LogP contribution in [0.4, 0.5) is 4.39 Å². The van der Waals surface area contributed by atoms with Gasteiger partial charge in [0.15, 0.2) is 11.6 Å². The maximum Gasteiger partial charge on any atom is 0.167 e. The van der Waals surface area contributed by atoms with E-state index in [2.05, 4.69) is 12.2 Å². The van der Waals surface area contributed by atoms with Crippen LogP contribution in [0.3, 0.4) is 0 Å². The molecule has 1 saturated heterocycles. The Bertz CT molecular complexity index is 395. The third kappa shape index (κ3) is 3.00. The molecule has 100 valence electrons. The molecular weight excluding hydrogens is 233 g/mol. The van der Waals surface area contributed by atoms with Crippen LogP contribution in [-0.2, 0) is 4.74 Å². The van der Waals surface area contributed by atoms with E-state index in [9.17, 15) is 4.39 Å². The summed E-state index contributed by atoms with van der Waals surface area (Å²) in [6, 6.07) is 5.43. The Balaban J connectivity index is 2.08. The summed E-state index contributed by atoms with van der Waals surface area (Å²) in [7, 11) is 0. The van der Waals surface area contributed by atoms with E-state index in [1.165, 1.54) is 0 Å². The fraction of sp³-hybridized carbons (Fsp3) is 0.571. The molecule has 0 saturated carbocycles. The molecule has 1 aromatic carbocycles. The molecule has 1 aliphatic heterocycles. The summed E-state index contributed by atoms with van der Waals surface area (Å²) in [6.07, 6.45) is 0.765. The van der Waals surface area contributed by atoms with E-state index in [0.29, 0.717) is 17.9 Å². The molecule has 1 N–H and O–H groups in total. The van der Waals surface area contributed by atoms with E-state index in [1.807, 2.05) is 0 Å². The lowest BCUT2D eigenvalue weighted by atomic mass is 10.1. The summed E-state index contributed by atoms with van der Waals surface area (Å²) < 4.78 is 25.1. The molecule has 0 radical (unpaired) electrons. The monoisotopic (exact) mass is 253 g/mol. The lowest BCUT2D eigenvalue weighted by Gasteiger charge is -2.32. The lowest BCUT2D eigenvalue weighted by Crippen LogP contribution is -2.49. The van der Waals surface area contributed by atoms with Crippen LogP contribution in [0.25, 0.3) is 0 Å².